The van der Waals surface area contributed by atoms with E-state index in [-0.39, 0.29) is 5.54 Å². The van der Waals surface area contributed by atoms with Gasteiger partial charge in [0, 0.05) is 5.54 Å². The van der Waals surface area contributed by atoms with Crippen LogP contribution in [0.15, 0.2) is 0 Å². The molecular formula is C12H27N. The lowest BCUT2D eigenvalue weighted by Crippen LogP contribution is -2.36. The molecule has 80 valence electrons. The van der Waals surface area contributed by atoms with Gasteiger partial charge in [-0.25, -0.2) is 0 Å². The van der Waals surface area contributed by atoms with Crippen molar-refractivity contribution < 1.29 is 0 Å². The first kappa shape index (κ1) is 13.0. The highest BCUT2D eigenvalue weighted by molar-refractivity contribution is 4.69. The Morgan fingerprint density at radius 2 is 1.77 bits per heavy atom. The van der Waals surface area contributed by atoms with Crippen LogP contribution in [-0.2, 0) is 0 Å². The summed E-state index contributed by atoms with van der Waals surface area (Å²) in [5.74, 6) is 0.912. The van der Waals surface area contributed by atoms with Crippen LogP contribution < -0.4 is 5.32 Å². The number of rotatable bonds is 6. The van der Waals surface area contributed by atoms with Crippen molar-refractivity contribution in [2.75, 3.05) is 6.54 Å². The summed E-state index contributed by atoms with van der Waals surface area (Å²) in [6, 6.07) is 0. The van der Waals surface area contributed by atoms with Crippen molar-refractivity contribution >= 4 is 0 Å². The molecule has 0 saturated heterocycles. The smallest absolute Gasteiger partial charge is 0.00965 e. The predicted octanol–water partition coefficient (Wildman–Crippen LogP) is 3.59. The van der Waals surface area contributed by atoms with Gasteiger partial charge in [-0.05, 0) is 39.7 Å². The van der Waals surface area contributed by atoms with Gasteiger partial charge < -0.3 is 5.32 Å². The minimum absolute atomic E-state index is 0.288. The Labute approximate surface area is 84.3 Å². The van der Waals surface area contributed by atoms with Crippen molar-refractivity contribution in [1.29, 1.82) is 0 Å². The largest absolute Gasteiger partial charge is 0.312 e. The molecule has 0 aromatic rings. The molecule has 0 aromatic carbocycles. The quantitative estimate of drug-likeness (QED) is 0.624. The Morgan fingerprint density at radius 1 is 1.15 bits per heavy atom. The SMILES string of the molecule is CC[C@@H](C)CCCCNC(C)(C)C. The lowest BCUT2D eigenvalue weighted by molar-refractivity contribution is 0.405. The van der Waals surface area contributed by atoms with Crippen LogP contribution in [0.5, 0.6) is 0 Å². The summed E-state index contributed by atoms with van der Waals surface area (Å²) >= 11 is 0. The molecule has 0 spiro atoms. The summed E-state index contributed by atoms with van der Waals surface area (Å²) < 4.78 is 0. The fourth-order valence-corrected chi connectivity index (χ4v) is 1.29. The Morgan fingerprint density at radius 3 is 2.23 bits per heavy atom. The molecule has 0 saturated carbocycles. The van der Waals surface area contributed by atoms with Gasteiger partial charge in [-0.2, -0.15) is 0 Å². The van der Waals surface area contributed by atoms with Gasteiger partial charge in [0.25, 0.3) is 0 Å². The normalized spacial score (nSPS) is 14.5. The number of unbranched alkanes of at least 4 members (excludes halogenated alkanes) is 1. The molecule has 0 aromatic heterocycles. The Balaban J connectivity index is 3.18. The van der Waals surface area contributed by atoms with E-state index in [1.807, 2.05) is 0 Å². The molecule has 0 radical (unpaired) electrons. The lowest BCUT2D eigenvalue weighted by Gasteiger charge is -2.20. The van der Waals surface area contributed by atoms with Gasteiger partial charge in [-0.1, -0.05) is 33.1 Å². The Hall–Kier alpha value is -0.0400. The summed E-state index contributed by atoms with van der Waals surface area (Å²) in [7, 11) is 0. The van der Waals surface area contributed by atoms with Crippen LogP contribution in [-0.4, -0.2) is 12.1 Å². The average molecular weight is 185 g/mol. The molecule has 0 bridgehead atoms. The molecule has 13 heavy (non-hydrogen) atoms. The zero-order valence-electron chi connectivity index (χ0n) is 10.1. The fourth-order valence-electron chi connectivity index (χ4n) is 1.29. The van der Waals surface area contributed by atoms with Crippen molar-refractivity contribution in [2.24, 2.45) is 5.92 Å². The molecule has 0 heterocycles. The molecule has 1 nitrogen and oxygen atoms in total. The monoisotopic (exact) mass is 185 g/mol. The Kier molecular flexibility index (Phi) is 6.40. The van der Waals surface area contributed by atoms with E-state index in [9.17, 15) is 0 Å². The summed E-state index contributed by atoms with van der Waals surface area (Å²) in [5, 5.41) is 3.51. The van der Waals surface area contributed by atoms with E-state index in [4.69, 9.17) is 0 Å². The van der Waals surface area contributed by atoms with Crippen LogP contribution in [0.25, 0.3) is 0 Å². The van der Waals surface area contributed by atoms with Crippen LogP contribution >= 0.6 is 0 Å². The molecule has 0 unspecified atom stereocenters. The van der Waals surface area contributed by atoms with Gasteiger partial charge in [-0.3, -0.25) is 0 Å². The molecule has 1 N–H and O–H groups in total. The maximum atomic E-state index is 3.51. The highest BCUT2D eigenvalue weighted by Gasteiger charge is 2.07. The van der Waals surface area contributed by atoms with E-state index in [1.54, 1.807) is 0 Å². The van der Waals surface area contributed by atoms with Crippen molar-refractivity contribution in [3.63, 3.8) is 0 Å². The highest BCUT2D eigenvalue weighted by Crippen LogP contribution is 2.10. The summed E-state index contributed by atoms with van der Waals surface area (Å²) in [6.07, 6.45) is 5.41. The molecule has 0 aliphatic rings. The molecule has 1 heteroatoms. The molecule has 0 aliphatic carbocycles. The average Bonchev–Trinajstić information content (AvgIpc) is 2.01. The summed E-state index contributed by atoms with van der Waals surface area (Å²) in [4.78, 5) is 0. The van der Waals surface area contributed by atoms with Crippen molar-refractivity contribution in [1.82, 2.24) is 5.32 Å². The van der Waals surface area contributed by atoms with Crippen LogP contribution in [0.3, 0.4) is 0 Å². The number of hydrogen-bond donors (Lipinski definition) is 1. The van der Waals surface area contributed by atoms with E-state index in [0.29, 0.717) is 0 Å². The van der Waals surface area contributed by atoms with Crippen LogP contribution in [0.2, 0.25) is 0 Å². The second kappa shape index (κ2) is 6.42. The van der Waals surface area contributed by atoms with E-state index >= 15 is 0 Å². The van der Waals surface area contributed by atoms with E-state index in [2.05, 4.69) is 39.9 Å². The zero-order valence-corrected chi connectivity index (χ0v) is 10.1. The second-order valence-corrected chi connectivity index (χ2v) is 5.19. The third-order valence-electron chi connectivity index (χ3n) is 2.48. The van der Waals surface area contributed by atoms with Gasteiger partial charge in [0.05, 0.1) is 0 Å². The maximum absolute atomic E-state index is 3.51. The summed E-state index contributed by atoms with van der Waals surface area (Å²) in [6.45, 7) is 12.5. The van der Waals surface area contributed by atoms with Crippen LogP contribution in [0, 0.1) is 5.92 Å². The van der Waals surface area contributed by atoms with Gasteiger partial charge in [0.1, 0.15) is 0 Å². The van der Waals surface area contributed by atoms with Crippen LogP contribution in [0.4, 0.5) is 0 Å². The minimum atomic E-state index is 0.288. The van der Waals surface area contributed by atoms with Crippen molar-refractivity contribution in [2.45, 2.75) is 65.8 Å². The van der Waals surface area contributed by atoms with Gasteiger partial charge in [0.2, 0.25) is 0 Å². The molecule has 0 rings (SSSR count). The van der Waals surface area contributed by atoms with E-state index in [0.717, 1.165) is 5.92 Å². The predicted molar refractivity (Wildman–Crippen MR) is 61.1 cm³/mol. The summed E-state index contributed by atoms with van der Waals surface area (Å²) in [5.41, 5.74) is 0.288. The topological polar surface area (TPSA) is 12.0 Å². The number of hydrogen-bond acceptors (Lipinski definition) is 1. The van der Waals surface area contributed by atoms with Crippen molar-refractivity contribution in [3.8, 4) is 0 Å². The van der Waals surface area contributed by atoms with Crippen molar-refractivity contribution in [3.05, 3.63) is 0 Å². The third kappa shape index (κ3) is 9.88. The third-order valence-corrected chi connectivity index (χ3v) is 2.48. The maximum Gasteiger partial charge on any atom is 0.00965 e. The molecular weight excluding hydrogens is 158 g/mol. The van der Waals surface area contributed by atoms with Gasteiger partial charge >= 0.3 is 0 Å². The van der Waals surface area contributed by atoms with Gasteiger partial charge in [-0.15, -0.1) is 0 Å². The second-order valence-electron chi connectivity index (χ2n) is 5.19. The molecule has 1 atom stereocenters. The molecule has 0 amide bonds. The zero-order chi connectivity index (χ0) is 10.3. The van der Waals surface area contributed by atoms with Crippen LogP contribution in [0.1, 0.15) is 60.3 Å². The van der Waals surface area contributed by atoms with E-state index in [1.165, 1.54) is 32.2 Å². The van der Waals surface area contributed by atoms with Gasteiger partial charge in [0.15, 0.2) is 0 Å². The molecule has 0 fully saturated rings. The first-order chi connectivity index (χ1) is 5.95. The fraction of sp³-hybridized carbons (Fsp3) is 1.00. The first-order valence-corrected chi connectivity index (χ1v) is 5.70. The minimum Gasteiger partial charge on any atom is -0.312 e. The standard InChI is InChI=1S/C12H27N/c1-6-11(2)9-7-8-10-13-12(3,4)5/h11,13H,6-10H2,1-5H3/t11-/m1/s1. The lowest BCUT2D eigenvalue weighted by atomic mass is 10.0. The Bertz CT molecular complexity index is 113. The number of nitrogens with one attached hydrogen (secondary N) is 1. The van der Waals surface area contributed by atoms with E-state index < -0.39 is 0 Å². The highest BCUT2D eigenvalue weighted by atomic mass is 14.9. The molecule has 0 aliphatic heterocycles. The first-order valence-electron chi connectivity index (χ1n) is 5.70.